The highest BCUT2D eigenvalue weighted by Gasteiger charge is 2.19. The molecule has 5 nitrogen and oxygen atoms in total. The molecule has 11 rings (SSSR count). The van der Waals surface area contributed by atoms with Crippen LogP contribution in [-0.4, -0.2) is 19.5 Å². The zero-order valence-corrected chi connectivity index (χ0v) is 27.9. The van der Waals surface area contributed by atoms with E-state index < -0.39 is 0 Å². The maximum absolute atomic E-state index is 6.61. The van der Waals surface area contributed by atoms with Crippen molar-refractivity contribution in [1.82, 2.24) is 19.5 Å². The van der Waals surface area contributed by atoms with Crippen molar-refractivity contribution in [3.05, 3.63) is 170 Å². The Morgan fingerprint density at radius 2 is 0.904 bits per heavy atom. The van der Waals surface area contributed by atoms with Gasteiger partial charge in [0, 0.05) is 49.3 Å². The Labute approximate surface area is 298 Å². The molecule has 0 saturated heterocycles. The van der Waals surface area contributed by atoms with Gasteiger partial charge in [0.25, 0.3) is 0 Å². The zero-order valence-electron chi connectivity index (χ0n) is 27.9. The molecule has 0 saturated carbocycles. The van der Waals surface area contributed by atoms with Gasteiger partial charge < -0.3 is 8.98 Å². The summed E-state index contributed by atoms with van der Waals surface area (Å²) in [5.74, 6) is 1.84. The molecule has 0 spiro atoms. The quantitative estimate of drug-likeness (QED) is 0.176. The van der Waals surface area contributed by atoms with Gasteiger partial charge in [0.2, 0.25) is 0 Å². The minimum Gasteiger partial charge on any atom is -0.455 e. The van der Waals surface area contributed by atoms with E-state index in [2.05, 4.69) is 138 Å². The molecule has 8 aromatic carbocycles. The van der Waals surface area contributed by atoms with E-state index in [-0.39, 0.29) is 0 Å². The Bertz CT molecular complexity index is 3180. The van der Waals surface area contributed by atoms with Crippen LogP contribution < -0.4 is 0 Å². The van der Waals surface area contributed by atoms with Crippen molar-refractivity contribution in [2.24, 2.45) is 0 Å². The molecule has 0 aliphatic carbocycles. The highest BCUT2D eigenvalue weighted by molar-refractivity contribution is 6.30. The summed E-state index contributed by atoms with van der Waals surface area (Å²) in [7, 11) is 0. The van der Waals surface area contributed by atoms with Gasteiger partial charge in [-0.1, -0.05) is 127 Å². The van der Waals surface area contributed by atoms with Crippen LogP contribution in [0.2, 0.25) is 0 Å². The average Bonchev–Trinajstić information content (AvgIpc) is 3.77. The third-order valence-corrected chi connectivity index (χ3v) is 10.2. The minimum absolute atomic E-state index is 0.605. The molecule has 0 aliphatic heterocycles. The zero-order chi connectivity index (χ0) is 34.2. The third kappa shape index (κ3) is 4.33. The number of para-hydroxylation sites is 2. The first-order valence-electron chi connectivity index (χ1n) is 17.5. The third-order valence-electron chi connectivity index (χ3n) is 10.2. The lowest BCUT2D eigenvalue weighted by atomic mass is 9.96. The van der Waals surface area contributed by atoms with Crippen LogP contribution in [0.25, 0.3) is 105 Å². The van der Waals surface area contributed by atoms with E-state index >= 15 is 0 Å². The minimum atomic E-state index is 0.605. The van der Waals surface area contributed by atoms with E-state index in [1.54, 1.807) is 0 Å². The number of furan rings is 1. The second kappa shape index (κ2) is 11.2. The predicted octanol–water partition coefficient (Wildman–Crippen LogP) is 12.2. The lowest BCUT2D eigenvalue weighted by molar-refractivity contribution is 0.673. The molecule has 3 aromatic heterocycles. The Kier molecular flexibility index (Phi) is 6.18. The lowest BCUT2D eigenvalue weighted by Gasteiger charge is -2.10. The van der Waals surface area contributed by atoms with E-state index in [1.807, 2.05) is 36.4 Å². The summed E-state index contributed by atoms with van der Waals surface area (Å²) in [6.07, 6.45) is 0. The molecule has 0 N–H and O–H groups in total. The number of aromatic nitrogens is 4. The van der Waals surface area contributed by atoms with Gasteiger partial charge in [-0.15, -0.1) is 0 Å². The summed E-state index contributed by atoms with van der Waals surface area (Å²) >= 11 is 0. The molecule has 5 heteroatoms. The first-order valence-corrected chi connectivity index (χ1v) is 17.5. The fraction of sp³-hybridized carbons (Fsp3) is 0. The summed E-state index contributed by atoms with van der Waals surface area (Å²) in [5, 5.41) is 9.17. The van der Waals surface area contributed by atoms with Gasteiger partial charge in [0.05, 0.1) is 11.0 Å². The van der Waals surface area contributed by atoms with E-state index in [0.717, 1.165) is 66.1 Å². The number of hydrogen-bond donors (Lipinski definition) is 0. The van der Waals surface area contributed by atoms with Crippen molar-refractivity contribution in [2.45, 2.75) is 0 Å². The van der Waals surface area contributed by atoms with Crippen LogP contribution in [0, 0.1) is 0 Å². The van der Waals surface area contributed by atoms with Gasteiger partial charge in [0.1, 0.15) is 11.2 Å². The average molecular weight is 665 g/mol. The van der Waals surface area contributed by atoms with E-state index in [4.69, 9.17) is 19.4 Å². The molecule has 0 fully saturated rings. The molecule has 0 bridgehead atoms. The van der Waals surface area contributed by atoms with Gasteiger partial charge in [-0.2, -0.15) is 0 Å². The highest BCUT2D eigenvalue weighted by atomic mass is 16.3. The van der Waals surface area contributed by atoms with Gasteiger partial charge in [0.15, 0.2) is 17.5 Å². The van der Waals surface area contributed by atoms with Crippen LogP contribution in [-0.2, 0) is 0 Å². The van der Waals surface area contributed by atoms with Crippen molar-refractivity contribution >= 4 is 65.3 Å². The van der Waals surface area contributed by atoms with E-state index in [9.17, 15) is 0 Å². The molecular formula is C47H28N4O. The topological polar surface area (TPSA) is 56.7 Å². The van der Waals surface area contributed by atoms with Crippen molar-refractivity contribution in [1.29, 1.82) is 0 Å². The van der Waals surface area contributed by atoms with Crippen LogP contribution >= 0.6 is 0 Å². The Hall–Kier alpha value is -7.11. The van der Waals surface area contributed by atoms with Crippen LogP contribution in [0.15, 0.2) is 174 Å². The number of nitrogens with zero attached hydrogens (tertiary/aromatic N) is 4. The highest BCUT2D eigenvalue weighted by Crippen LogP contribution is 2.42. The summed E-state index contributed by atoms with van der Waals surface area (Å²) in [6.45, 7) is 0. The van der Waals surface area contributed by atoms with Crippen LogP contribution in [0.3, 0.4) is 0 Å². The standard InChI is InChI=1S/C47H28N4O/c1-3-13-29(14-4-1)45-48-46(30-24-26-42-39(27-30)43-37-20-9-7-17-33(37)34-18-8-10-21-38(34)44(43)52-42)50-47(49-45)31-23-25-36-35-19-11-12-22-40(35)51(41(36)28-31)32-15-5-2-6-16-32/h1-28H. The summed E-state index contributed by atoms with van der Waals surface area (Å²) in [5.41, 5.74) is 7.82. The molecule has 0 aliphatic rings. The van der Waals surface area contributed by atoms with Gasteiger partial charge in [-0.3, -0.25) is 0 Å². The molecule has 242 valence electrons. The SMILES string of the molecule is c1ccc(-c2nc(-c3ccc4oc5c6ccccc6c6ccccc6c5c4c3)nc(-c3ccc4c5ccccc5n(-c5ccccc5)c4c3)n2)cc1. The predicted molar refractivity (Wildman–Crippen MR) is 213 cm³/mol. The second-order valence-corrected chi connectivity index (χ2v) is 13.2. The molecule has 0 unspecified atom stereocenters. The first-order chi connectivity index (χ1) is 25.8. The van der Waals surface area contributed by atoms with Crippen molar-refractivity contribution in [3.8, 4) is 39.9 Å². The Morgan fingerprint density at radius 1 is 0.365 bits per heavy atom. The Balaban J connectivity index is 1.15. The normalized spacial score (nSPS) is 11.8. The molecule has 52 heavy (non-hydrogen) atoms. The molecular weight excluding hydrogens is 637 g/mol. The van der Waals surface area contributed by atoms with Crippen molar-refractivity contribution in [3.63, 3.8) is 0 Å². The molecule has 0 amide bonds. The summed E-state index contributed by atoms with van der Waals surface area (Å²) in [6, 6.07) is 59.0. The molecule has 0 radical (unpaired) electrons. The van der Waals surface area contributed by atoms with Gasteiger partial charge >= 0.3 is 0 Å². The first kappa shape index (κ1) is 28.7. The fourth-order valence-electron chi connectivity index (χ4n) is 7.86. The van der Waals surface area contributed by atoms with Crippen molar-refractivity contribution < 1.29 is 4.42 Å². The summed E-state index contributed by atoms with van der Waals surface area (Å²) in [4.78, 5) is 15.4. The largest absolute Gasteiger partial charge is 0.455 e. The molecule has 11 aromatic rings. The number of fused-ring (bicyclic) bond motifs is 11. The number of benzene rings is 8. The molecule has 3 heterocycles. The van der Waals surface area contributed by atoms with Crippen molar-refractivity contribution in [2.75, 3.05) is 0 Å². The van der Waals surface area contributed by atoms with Crippen LogP contribution in [0.4, 0.5) is 0 Å². The molecule has 0 atom stereocenters. The van der Waals surface area contributed by atoms with E-state index in [0.29, 0.717) is 17.5 Å². The maximum atomic E-state index is 6.61. The number of hydrogen-bond acceptors (Lipinski definition) is 4. The Morgan fingerprint density at radius 3 is 1.65 bits per heavy atom. The summed E-state index contributed by atoms with van der Waals surface area (Å²) < 4.78 is 8.93. The van der Waals surface area contributed by atoms with Crippen LogP contribution in [0.1, 0.15) is 0 Å². The lowest BCUT2D eigenvalue weighted by Crippen LogP contribution is -2.00. The fourth-order valence-corrected chi connectivity index (χ4v) is 7.86. The second-order valence-electron chi connectivity index (χ2n) is 13.2. The van der Waals surface area contributed by atoms with Gasteiger partial charge in [-0.25, -0.2) is 15.0 Å². The van der Waals surface area contributed by atoms with E-state index in [1.165, 1.54) is 21.5 Å². The number of rotatable bonds is 4. The smallest absolute Gasteiger partial charge is 0.164 e. The monoisotopic (exact) mass is 664 g/mol. The van der Waals surface area contributed by atoms with Crippen LogP contribution in [0.5, 0.6) is 0 Å². The maximum Gasteiger partial charge on any atom is 0.164 e. The van der Waals surface area contributed by atoms with Gasteiger partial charge in [-0.05, 0) is 58.6 Å².